The van der Waals surface area contributed by atoms with Gasteiger partial charge in [-0.05, 0) is 54.1 Å². The maximum atomic E-state index is 15.7. The fraction of sp³-hybridized carbons (Fsp3) is 0.0250. The van der Waals surface area contributed by atoms with Crippen molar-refractivity contribution in [1.82, 2.24) is 19.5 Å². The summed E-state index contributed by atoms with van der Waals surface area (Å²) in [5.74, 6) is -0.554. The molecule has 2 aromatic heterocycles. The minimum atomic E-state index is -4.56. The predicted octanol–water partition coefficient (Wildman–Crippen LogP) is 10.9. The van der Waals surface area contributed by atoms with Crippen LogP contribution < -0.4 is 0 Å². The van der Waals surface area contributed by atoms with E-state index in [4.69, 9.17) is 15.0 Å². The molecule has 0 fully saturated rings. The number of hydrogen-bond donors (Lipinski definition) is 0. The number of hydrogen-bond acceptors (Lipinski definition) is 3. The molecule has 0 unspecified atom stereocenters. The summed E-state index contributed by atoms with van der Waals surface area (Å²) >= 11 is 0. The molecule has 8 aromatic rings. The maximum Gasteiger partial charge on any atom is 0.416 e. The highest BCUT2D eigenvalue weighted by molar-refractivity contribution is 6.09. The van der Waals surface area contributed by atoms with Crippen LogP contribution in [0, 0.1) is 11.6 Å². The Morgan fingerprint density at radius 2 is 1.06 bits per heavy atom. The minimum absolute atomic E-state index is 0.0675. The molecule has 6 aromatic carbocycles. The summed E-state index contributed by atoms with van der Waals surface area (Å²) in [4.78, 5) is 14.4. The topological polar surface area (TPSA) is 43.6 Å². The van der Waals surface area contributed by atoms with Crippen molar-refractivity contribution < 1.29 is 22.0 Å². The third kappa shape index (κ3) is 5.49. The summed E-state index contributed by atoms with van der Waals surface area (Å²) in [7, 11) is 0. The highest BCUT2D eigenvalue weighted by Crippen LogP contribution is 2.40. The Hall–Kier alpha value is -6.22. The maximum absolute atomic E-state index is 15.7. The first kappa shape index (κ1) is 30.1. The summed E-state index contributed by atoms with van der Waals surface area (Å²) in [6, 6.07) is 38.0. The second-order valence-electron chi connectivity index (χ2n) is 11.5. The normalized spacial score (nSPS) is 11.8. The van der Waals surface area contributed by atoms with Gasteiger partial charge in [0, 0.05) is 44.8 Å². The van der Waals surface area contributed by atoms with Crippen LogP contribution in [-0.4, -0.2) is 19.5 Å². The van der Waals surface area contributed by atoms with E-state index in [9.17, 15) is 17.6 Å². The lowest BCUT2D eigenvalue weighted by molar-refractivity contribution is -0.137. The molecule has 0 N–H and O–H groups in total. The Kier molecular flexibility index (Phi) is 7.25. The second-order valence-corrected chi connectivity index (χ2v) is 11.5. The molecule has 0 aliphatic carbocycles. The van der Waals surface area contributed by atoms with E-state index >= 15 is 4.39 Å². The van der Waals surface area contributed by atoms with Crippen molar-refractivity contribution in [3.63, 3.8) is 0 Å². The second kappa shape index (κ2) is 11.8. The largest absolute Gasteiger partial charge is 0.416 e. The Labute approximate surface area is 276 Å². The predicted molar refractivity (Wildman–Crippen MR) is 181 cm³/mol. The van der Waals surface area contributed by atoms with Crippen LogP contribution in [0.25, 0.3) is 72.8 Å². The third-order valence-corrected chi connectivity index (χ3v) is 8.42. The molecular formula is C40H23F5N4. The van der Waals surface area contributed by atoms with E-state index in [1.165, 1.54) is 12.1 Å². The average Bonchev–Trinajstić information content (AvgIpc) is 3.45. The Morgan fingerprint density at radius 1 is 0.469 bits per heavy atom. The molecule has 4 nitrogen and oxygen atoms in total. The molecule has 0 amide bonds. The number of fused-ring (bicyclic) bond motifs is 3. The zero-order valence-corrected chi connectivity index (χ0v) is 25.5. The van der Waals surface area contributed by atoms with E-state index < -0.39 is 23.4 Å². The van der Waals surface area contributed by atoms with Gasteiger partial charge in [0.25, 0.3) is 0 Å². The van der Waals surface area contributed by atoms with Gasteiger partial charge in [0.1, 0.15) is 11.6 Å². The van der Waals surface area contributed by atoms with Crippen molar-refractivity contribution in [1.29, 1.82) is 0 Å². The highest BCUT2D eigenvalue weighted by atomic mass is 19.4. The molecule has 0 spiro atoms. The lowest BCUT2D eigenvalue weighted by Crippen LogP contribution is -2.05. The van der Waals surface area contributed by atoms with Crippen LogP contribution in [0.15, 0.2) is 140 Å². The van der Waals surface area contributed by atoms with Crippen LogP contribution in [0.4, 0.5) is 22.0 Å². The van der Waals surface area contributed by atoms with Gasteiger partial charge >= 0.3 is 6.18 Å². The molecule has 0 radical (unpaired) electrons. The van der Waals surface area contributed by atoms with Gasteiger partial charge in [-0.1, -0.05) is 84.9 Å². The van der Waals surface area contributed by atoms with Gasteiger partial charge in [0.2, 0.25) is 0 Å². The molecule has 0 bridgehead atoms. The minimum Gasteiger partial charge on any atom is -0.309 e. The van der Waals surface area contributed by atoms with Crippen LogP contribution in [0.2, 0.25) is 0 Å². The SMILES string of the molecule is Fc1ccc(-c2cc(-n3c4ccccc4c4ccc(C(F)(F)F)cc43)ccc2-c2nc(-c3ccccc3)nc(-c3ccccc3)n2)c(F)c1. The Bertz CT molecular complexity index is 2450. The molecule has 238 valence electrons. The van der Waals surface area contributed by atoms with Crippen molar-refractivity contribution in [2.45, 2.75) is 6.18 Å². The van der Waals surface area contributed by atoms with Crippen molar-refractivity contribution in [2.75, 3.05) is 0 Å². The molecule has 0 atom stereocenters. The number of para-hydroxylation sites is 1. The Morgan fingerprint density at radius 3 is 1.71 bits per heavy atom. The standard InChI is InChI=1S/C40H23F5N4/c41-27-16-19-29(34(42)22-27)33-23-28(49-35-14-8-7-13-30(35)31-18-15-26(21-36(31)49)40(43,44)45)17-20-32(33)39-47-37(24-9-3-1-4-10-24)46-38(48-39)25-11-5-2-6-12-25/h1-23H. The van der Waals surface area contributed by atoms with E-state index in [0.717, 1.165) is 40.8 Å². The number of alkyl halides is 3. The number of rotatable bonds is 5. The van der Waals surface area contributed by atoms with E-state index in [2.05, 4.69) is 0 Å². The Balaban J connectivity index is 1.42. The highest BCUT2D eigenvalue weighted by Gasteiger charge is 2.31. The van der Waals surface area contributed by atoms with Crippen LogP contribution >= 0.6 is 0 Å². The van der Waals surface area contributed by atoms with E-state index in [0.29, 0.717) is 44.9 Å². The fourth-order valence-corrected chi connectivity index (χ4v) is 6.15. The first-order valence-electron chi connectivity index (χ1n) is 15.3. The summed E-state index contributed by atoms with van der Waals surface area (Å²) in [6.45, 7) is 0. The zero-order valence-electron chi connectivity index (χ0n) is 25.5. The van der Waals surface area contributed by atoms with E-state index in [-0.39, 0.29) is 11.4 Å². The van der Waals surface area contributed by atoms with Crippen molar-refractivity contribution in [3.05, 3.63) is 157 Å². The van der Waals surface area contributed by atoms with Gasteiger partial charge in [0.15, 0.2) is 17.5 Å². The van der Waals surface area contributed by atoms with E-state index in [1.807, 2.05) is 78.9 Å². The molecule has 49 heavy (non-hydrogen) atoms. The van der Waals surface area contributed by atoms with Crippen molar-refractivity contribution in [2.24, 2.45) is 0 Å². The number of nitrogens with zero attached hydrogens (tertiary/aromatic N) is 4. The van der Waals surface area contributed by atoms with E-state index in [1.54, 1.807) is 28.8 Å². The lowest BCUT2D eigenvalue weighted by atomic mass is 9.97. The third-order valence-electron chi connectivity index (χ3n) is 8.42. The van der Waals surface area contributed by atoms with Gasteiger partial charge in [-0.25, -0.2) is 23.7 Å². The van der Waals surface area contributed by atoms with Crippen LogP contribution in [-0.2, 0) is 6.18 Å². The average molecular weight is 655 g/mol. The lowest BCUT2D eigenvalue weighted by Gasteiger charge is -2.16. The number of benzene rings is 6. The summed E-state index contributed by atoms with van der Waals surface area (Å²) < 4.78 is 73.3. The smallest absolute Gasteiger partial charge is 0.309 e. The first-order valence-corrected chi connectivity index (χ1v) is 15.3. The number of aromatic nitrogens is 4. The monoisotopic (exact) mass is 654 g/mol. The summed E-state index contributed by atoms with van der Waals surface area (Å²) in [5, 5.41) is 1.38. The van der Waals surface area contributed by atoms with Gasteiger partial charge in [0.05, 0.1) is 16.6 Å². The molecule has 8 rings (SSSR count). The van der Waals surface area contributed by atoms with Gasteiger partial charge in [-0.15, -0.1) is 0 Å². The molecule has 2 heterocycles. The summed E-state index contributed by atoms with van der Waals surface area (Å²) in [6.07, 6.45) is -4.56. The molecule has 0 saturated carbocycles. The van der Waals surface area contributed by atoms with Crippen LogP contribution in [0.3, 0.4) is 0 Å². The molecular weight excluding hydrogens is 631 g/mol. The van der Waals surface area contributed by atoms with Gasteiger partial charge in [-0.2, -0.15) is 13.2 Å². The quantitative estimate of drug-likeness (QED) is 0.174. The van der Waals surface area contributed by atoms with Gasteiger partial charge in [-0.3, -0.25) is 0 Å². The molecule has 0 aliphatic heterocycles. The summed E-state index contributed by atoms with van der Waals surface area (Å²) in [5.41, 5.74) is 2.93. The molecule has 0 aliphatic rings. The fourth-order valence-electron chi connectivity index (χ4n) is 6.15. The first-order chi connectivity index (χ1) is 23.7. The molecule has 0 saturated heterocycles. The zero-order chi connectivity index (χ0) is 33.7. The van der Waals surface area contributed by atoms with Crippen molar-refractivity contribution in [3.8, 4) is 51.0 Å². The molecule has 9 heteroatoms. The van der Waals surface area contributed by atoms with Crippen molar-refractivity contribution >= 4 is 21.8 Å². The van der Waals surface area contributed by atoms with Gasteiger partial charge < -0.3 is 4.57 Å². The van der Waals surface area contributed by atoms with Crippen LogP contribution in [0.5, 0.6) is 0 Å². The number of halogens is 5. The van der Waals surface area contributed by atoms with Crippen LogP contribution in [0.1, 0.15) is 5.56 Å².